The Morgan fingerprint density at radius 3 is 2.31 bits per heavy atom. The molecule has 0 aliphatic heterocycles. The highest BCUT2D eigenvalue weighted by Crippen LogP contribution is 2.34. The highest BCUT2D eigenvalue weighted by Gasteiger charge is 2.40. The van der Waals surface area contributed by atoms with Gasteiger partial charge in [-0.3, -0.25) is 4.79 Å². The van der Waals surface area contributed by atoms with Crippen molar-refractivity contribution in [2.75, 3.05) is 7.11 Å². The van der Waals surface area contributed by atoms with Crippen molar-refractivity contribution in [1.29, 1.82) is 0 Å². The molecule has 1 saturated carbocycles. The van der Waals surface area contributed by atoms with Gasteiger partial charge in [-0.15, -0.1) is 0 Å². The number of hydrogen-bond donors (Lipinski definition) is 1. The number of methoxy groups -OCH3 is 1. The second-order valence-electron chi connectivity index (χ2n) is 4.01. The highest BCUT2D eigenvalue weighted by molar-refractivity contribution is 5.83. The number of carbonyl (C=O) groups is 1. The molecular weight excluding hydrogens is 166 g/mol. The molecule has 3 heteroatoms. The van der Waals surface area contributed by atoms with Crippen molar-refractivity contribution >= 4 is 5.91 Å². The first-order valence-corrected chi connectivity index (χ1v) is 4.96. The molecule has 1 aliphatic carbocycles. The van der Waals surface area contributed by atoms with Crippen LogP contribution in [0.25, 0.3) is 0 Å². The van der Waals surface area contributed by atoms with E-state index in [2.05, 4.69) is 0 Å². The third-order valence-corrected chi connectivity index (χ3v) is 3.30. The lowest BCUT2D eigenvalue weighted by Crippen LogP contribution is -2.49. The monoisotopic (exact) mass is 185 g/mol. The van der Waals surface area contributed by atoms with Crippen molar-refractivity contribution in [1.82, 2.24) is 0 Å². The maximum atomic E-state index is 11.2. The van der Waals surface area contributed by atoms with Crippen molar-refractivity contribution in [3.63, 3.8) is 0 Å². The fourth-order valence-electron chi connectivity index (χ4n) is 2.12. The predicted octanol–water partition coefficient (Wildman–Crippen LogP) is 1.46. The quantitative estimate of drug-likeness (QED) is 0.723. The molecule has 1 rings (SSSR count). The standard InChI is InChI=1S/C10H19NO2/c1-10(13-2,9(11)12)8-6-4-3-5-7-8/h8H,3-7H2,1-2H3,(H2,11,12). The third-order valence-electron chi connectivity index (χ3n) is 3.30. The summed E-state index contributed by atoms with van der Waals surface area (Å²) < 4.78 is 5.26. The molecule has 0 bridgehead atoms. The van der Waals surface area contributed by atoms with Gasteiger partial charge in [-0.05, 0) is 25.7 Å². The van der Waals surface area contributed by atoms with Gasteiger partial charge in [0.25, 0.3) is 0 Å². The minimum Gasteiger partial charge on any atom is -0.368 e. The largest absolute Gasteiger partial charge is 0.368 e. The molecule has 13 heavy (non-hydrogen) atoms. The van der Waals surface area contributed by atoms with Gasteiger partial charge in [0, 0.05) is 7.11 Å². The van der Waals surface area contributed by atoms with Gasteiger partial charge in [0.05, 0.1) is 0 Å². The van der Waals surface area contributed by atoms with E-state index in [-0.39, 0.29) is 5.91 Å². The Labute approximate surface area is 79.6 Å². The molecule has 2 N–H and O–H groups in total. The third kappa shape index (κ3) is 2.02. The number of primary amides is 1. The van der Waals surface area contributed by atoms with Crippen LogP contribution in [0.4, 0.5) is 0 Å². The number of nitrogens with two attached hydrogens (primary N) is 1. The molecule has 3 nitrogen and oxygen atoms in total. The van der Waals surface area contributed by atoms with Crippen molar-refractivity contribution in [2.45, 2.75) is 44.6 Å². The summed E-state index contributed by atoms with van der Waals surface area (Å²) >= 11 is 0. The van der Waals surface area contributed by atoms with Crippen LogP contribution in [0.3, 0.4) is 0 Å². The van der Waals surface area contributed by atoms with Gasteiger partial charge >= 0.3 is 0 Å². The lowest BCUT2D eigenvalue weighted by Gasteiger charge is -2.35. The Morgan fingerprint density at radius 2 is 1.92 bits per heavy atom. The van der Waals surface area contributed by atoms with Crippen molar-refractivity contribution in [3.05, 3.63) is 0 Å². The number of rotatable bonds is 3. The summed E-state index contributed by atoms with van der Waals surface area (Å²) in [7, 11) is 1.57. The Bertz CT molecular complexity index is 187. The first-order valence-electron chi connectivity index (χ1n) is 4.96. The van der Waals surface area contributed by atoms with E-state index in [4.69, 9.17) is 10.5 Å². The van der Waals surface area contributed by atoms with Crippen LogP contribution in [-0.4, -0.2) is 18.6 Å². The minimum absolute atomic E-state index is 0.309. The SMILES string of the molecule is COC(C)(C(N)=O)C1CCCCC1. The van der Waals surface area contributed by atoms with Crippen molar-refractivity contribution < 1.29 is 9.53 Å². The molecule has 1 aliphatic rings. The van der Waals surface area contributed by atoms with E-state index < -0.39 is 5.60 Å². The first kappa shape index (κ1) is 10.5. The number of ether oxygens (including phenoxy) is 1. The molecule has 0 aromatic rings. The van der Waals surface area contributed by atoms with Crippen LogP contribution in [0.2, 0.25) is 0 Å². The van der Waals surface area contributed by atoms with E-state index in [0.29, 0.717) is 5.92 Å². The molecule has 1 atom stereocenters. The first-order chi connectivity index (χ1) is 6.11. The summed E-state index contributed by atoms with van der Waals surface area (Å²) in [6.07, 6.45) is 5.78. The molecule has 0 heterocycles. The molecule has 1 fully saturated rings. The maximum absolute atomic E-state index is 11.2. The maximum Gasteiger partial charge on any atom is 0.249 e. The summed E-state index contributed by atoms with van der Waals surface area (Å²) in [6, 6.07) is 0. The molecular formula is C10H19NO2. The number of amides is 1. The molecule has 0 aromatic carbocycles. The van der Waals surface area contributed by atoms with Crippen LogP contribution in [-0.2, 0) is 9.53 Å². The predicted molar refractivity (Wildman–Crippen MR) is 51.2 cm³/mol. The van der Waals surface area contributed by atoms with Gasteiger partial charge in [0.2, 0.25) is 5.91 Å². The lowest BCUT2D eigenvalue weighted by atomic mass is 9.77. The molecule has 1 unspecified atom stereocenters. The van der Waals surface area contributed by atoms with E-state index in [9.17, 15) is 4.79 Å². The average molecular weight is 185 g/mol. The minimum atomic E-state index is -0.750. The van der Waals surface area contributed by atoms with E-state index in [1.54, 1.807) is 7.11 Å². The second kappa shape index (κ2) is 4.09. The van der Waals surface area contributed by atoms with Crippen molar-refractivity contribution in [2.24, 2.45) is 11.7 Å². The van der Waals surface area contributed by atoms with Gasteiger partial charge in [0.1, 0.15) is 5.60 Å². The molecule has 76 valence electrons. The smallest absolute Gasteiger partial charge is 0.249 e. The van der Waals surface area contributed by atoms with E-state index in [1.165, 1.54) is 19.3 Å². The van der Waals surface area contributed by atoms with Crippen LogP contribution in [0.15, 0.2) is 0 Å². The van der Waals surface area contributed by atoms with Gasteiger partial charge in [0.15, 0.2) is 0 Å². The topological polar surface area (TPSA) is 52.3 Å². The van der Waals surface area contributed by atoms with Crippen LogP contribution >= 0.6 is 0 Å². The van der Waals surface area contributed by atoms with Crippen LogP contribution in [0, 0.1) is 5.92 Å². The van der Waals surface area contributed by atoms with Gasteiger partial charge in [-0.2, -0.15) is 0 Å². The number of carbonyl (C=O) groups excluding carboxylic acids is 1. The lowest BCUT2D eigenvalue weighted by molar-refractivity contribution is -0.146. The van der Waals surface area contributed by atoms with Gasteiger partial charge < -0.3 is 10.5 Å². The fourth-order valence-corrected chi connectivity index (χ4v) is 2.12. The van der Waals surface area contributed by atoms with Crippen LogP contribution in [0.1, 0.15) is 39.0 Å². The van der Waals surface area contributed by atoms with Crippen LogP contribution in [0.5, 0.6) is 0 Å². The molecule has 0 aromatic heterocycles. The van der Waals surface area contributed by atoms with E-state index in [1.807, 2.05) is 6.92 Å². The molecule has 0 saturated heterocycles. The summed E-state index contributed by atoms with van der Waals surface area (Å²) in [5.74, 6) is -0.0225. The summed E-state index contributed by atoms with van der Waals surface area (Å²) in [5, 5.41) is 0. The number of hydrogen-bond acceptors (Lipinski definition) is 2. The zero-order valence-corrected chi connectivity index (χ0v) is 8.51. The van der Waals surface area contributed by atoms with Crippen molar-refractivity contribution in [3.8, 4) is 0 Å². The second-order valence-corrected chi connectivity index (χ2v) is 4.01. The Balaban J connectivity index is 2.68. The highest BCUT2D eigenvalue weighted by atomic mass is 16.5. The zero-order valence-electron chi connectivity index (χ0n) is 8.51. The Hall–Kier alpha value is -0.570. The molecule has 0 spiro atoms. The normalized spacial score (nSPS) is 23.8. The fraction of sp³-hybridized carbons (Fsp3) is 0.900. The van der Waals surface area contributed by atoms with E-state index in [0.717, 1.165) is 12.8 Å². The van der Waals surface area contributed by atoms with Gasteiger partial charge in [-0.1, -0.05) is 19.3 Å². The van der Waals surface area contributed by atoms with Gasteiger partial charge in [-0.25, -0.2) is 0 Å². The zero-order chi connectivity index (χ0) is 9.90. The van der Waals surface area contributed by atoms with E-state index >= 15 is 0 Å². The summed E-state index contributed by atoms with van der Waals surface area (Å²) in [5.41, 5.74) is 4.60. The Morgan fingerprint density at radius 1 is 1.38 bits per heavy atom. The Kier molecular flexibility index (Phi) is 3.31. The van der Waals surface area contributed by atoms with Crippen LogP contribution < -0.4 is 5.73 Å². The summed E-state index contributed by atoms with van der Waals surface area (Å²) in [4.78, 5) is 11.2. The average Bonchev–Trinajstić information content (AvgIpc) is 2.17. The molecule has 0 radical (unpaired) electrons. The molecule has 1 amide bonds. The summed E-state index contributed by atoms with van der Waals surface area (Å²) in [6.45, 7) is 1.81.